The summed E-state index contributed by atoms with van der Waals surface area (Å²) in [5.74, 6) is -0.0736. The number of aryl methyl sites for hydroxylation is 1. The number of carbonyl (C=O) groups excluding carboxylic acids is 1. The van der Waals surface area contributed by atoms with Crippen molar-refractivity contribution in [3.05, 3.63) is 64.2 Å². The number of halogens is 1. The van der Waals surface area contributed by atoms with Crippen molar-refractivity contribution in [2.24, 2.45) is 0 Å². The lowest BCUT2D eigenvalue weighted by Crippen LogP contribution is -2.23. The molecule has 0 saturated heterocycles. The largest absolute Gasteiger partial charge is 0.385 e. The maximum Gasteiger partial charge on any atom is 0.251 e. The third kappa shape index (κ3) is 4.23. The first kappa shape index (κ1) is 15.4. The second-order valence-corrected chi connectivity index (χ2v) is 5.31. The standard InChI is InChI=1S/C17H19ClN2O/c1-3-19-15-7-8-16(12(2)9-15)17(21)20-11-13-5-4-6-14(18)10-13/h4-10,19H,3,11H2,1-2H3,(H,20,21). The summed E-state index contributed by atoms with van der Waals surface area (Å²) in [7, 11) is 0. The van der Waals surface area contributed by atoms with Crippen LogP contribution in [0.3, 0.4) is 0 Å². The van der Waals surface area contributed by atoms with Crippen molar-refractivity contribution in [1.29, 1.82) is 0 Å². The van der Waals surface area contributed by atoms with Crippen molar-refractivity contribution < 1.29 is 4.79 Å². The summed E-state index contributed by atoms with van der Waals surface area (Å²) in [6.45, 7) is 5.31. The first-order valence-corrected chi connectivity index (χ1v) is 7.35. The molecule has 2 aromatic rings. The molecule has 0 radical (unpaired) electrons. The summed E-state index contributed by atoms with van der Waals surface area (Å²) in [4.78, 5) is 12.2. The molecule has 0 aliphatic carbocycles. The minimum atomic E-state index is -0.0736. The Balaban J connectivity index is 2.03. The Morgan fingerprint density at radius 1 is 1.19 bits per heavy atom. The van der Waals surface area contributed by atoms with Gasteiger partial charge in [0.2, 0.25) is 0 Å². The molecule has 0 fully saturated rings. The molecule has 110 valence electrons. The van der Waals surface area contributed by atoms with Gasteiger partial charge >= 0.3 is 0 Å². The van der Waals surface area contributed by atoms with E-state index in [4.69, 9.17) is 11.6 Å². The Hall–Kier alpha value is -2.00. The van der Waals surface area contributed by atoms with Crippen LogP contribution in [-0.4, -0.2) is 12.5 Å². The van der Waals surface area contributed by atoms with Gasteiger partial charge in [0.25, 0.3) is 5.91 Å². The maximum atomic E-state index is 12.2. The lowest BCUT2D eigenvalue weighted by molar-refractivity contribution is 0.0950. The highest BCUT2D eigenvalue weighted by Crippen LogP contribution is 2.15. The molecule has 0 aliphatic heterocycles. The van der Waals surface area contributed by atoms with Crippen LogP contribution in [0.1, 0.15) is 28.4 Å². The Morgan fingerprint density at radius 3 is 2.67 bits per heavy atom. The highest BCUT2D eigenvalue weighted by Gasteiger charge is 2.09. The minimum absolute atomic E-state index is 0.0736. The molecule has 2 N–H and O–H groups in total. The van der Waals surface area contributed by atoms with Gasteiger partial charge in [0, 0.05) is 29.4 Å². The second kappa shape index (κ2) is 7.14. The van der Waals surface area contributed by atoms with Crippen LogP contribution in [0.15, 0.2) is 42.5 Å². The van der Waals surface area contributed by atoms with Crippen LogP contribution in [0.5, 0.6) is 0 Å². The van der Waals surface area contributed by atoms with Crippen LogP contribution in [0.2, 0.25) is 5.02 Å². The lowest BCUT2D eigenvalue weighted by atomic mass is 10.1. The molecule has 3 nitrogen and oxygen atoms in total. The lowest BCUT2D eigenvalue weighted by Gasteiger charge is -2.10. The summed E-state index contributed by atoms with van der Waals surface area (Å²) >= 11 is 5.93. The molecule has 0 atom stereocenters. The topological polar surface area (TPSA) is 41.1 Å². The molecule has 0 heterocycles. The van der Waals surface area contributed by atoms with E-state index in [0.717, 1.165) is 23.4 Å². The van der Waals surface area contributed by atoms with Crippen molar-refractivity contribution >= 4 is 23.2 Å². The predicted molar refractivity (Wildman–Crippen MR) is 88.0 cm³/mol. The molecule has 0 unspecified atom stereocenters. The van der Waals surface area contributed by atoms with Gasteiger partial charge in [-0.15, -0.1) is 0 Å². The fourth-order valence-corrected chi connectivity index (χ4v) is 2.37. The van der Waals surface area contributed by atoms with Crippen molar-refractivity contribution in [3.63, 3.8) is 0 Å². The van der Waals surface area contributed by atoms with Gasteiger partial charge in [-0.1, -0.05) is 23.7 Å². The second-order valence-electron chi connectivity index (χ2n) is 4.87. The first-order chi connectivity index (χ1) is 10.1. The molecule has 0 aromatic heterocycles. The summed E-state index contributed by atoms with van der Waals surface area (Å²) in [5.41, 5.74) is 3.66. The van der Waals surface area contributed by atoms with Crippen molar-refractivity contribution in [2.45, 2.75) is 20.4 Å². The molecular weight excluding hydrogens is 284 g/mol. The Kier molecular flexibility index (Phi) is 5.23. The van der Waals surface area contributed by atoms with E-state index in [1.54, 1.807) is 0 Å². The van der Waals surface area contributed by atoms with Gasteiger partial charge in [-0.2, -0.15) is 0 Å². The van der Waals surface area contributed by atoms with Crippen molar-refractivity contribution in [2.75, 3.05) is 11.9 Å². The molecule has 0 spiro atoms. The van der Waals surface area contributed by atoms with Gasteiger partial charge < -0.3 is 10.6 Å². The zero-order valence-electron chi connectivity index (χ0n) is 12.2. The summed E-state index contributed by atoms with van der Waals surface area (Å²) < 4.78 is 0. The van der Waals surface area contributed by atoms with Crippen LogP contribution >= 0.6 is 11.6 Å². The van der Waals surface area contributed by atoms with E-state index in [0.29, 0.717) is 17.1 Å². The average Bonchev–Trinajstić information content (AvgIpc) is 2.45. The molecule has 21 heavy (non-hydrogen) atoms. The van der Waals surface area contributed by atoms with Crippen LogP contribution in [0.4, 0.5) is 5.69 Å². The maximum absolute atomic E-state index is 12.2. The Labute approximate surface area is 130 Å². The van der Waals surface area contributed by atoms with Crippen LogP contribution < -0.4 is 10.6 Å². The van der Waals surface area contributed by atoms with Gasteiger partial charge in [0.1, 0.15) is 0 Å². The van der Waals surface area contributed by atoms with Crippen LogP contribution in [0, 0.1) is 6.92 Å². The van der Waals surface area contributed by atoms with E-state index in [2.05, 4.69) is 10.6 Å². The van der Waals surface area contributed by atoms with Crippen molar-refractivity contribution in [3.8, 4) is 0 Å². The molecular formula is C17H19ClN2O. The van der Waals surface area contributed by atoms with E-state index in [-0.39, 0.29) is 5.91 Å². The van der Waals surface area contributed by atoms with E-state index >= 15 is 0 Å². The molecule has 1 amide bonds. The number of carbonyl (C=O) groups is 1. The third-order valence-electron chi connectivity index (χ3n) is 3.19. The zero-order chi connectivity index (χ0) is 15.2. The molecule has 2 rings (SSSR count). The van der Waals surface area contributed by atoms with E-state index < -0.39 is 0 Å². The van der Waals surface area contributed by atoms with Crippen molar-refractivity contribution in [1.82, 2.24) is 5.32 Å². The number of hydrogen-bond acceptors (Lipinski definition) is 2. The van der Waals surface area contributed by atoms with Gasteiger partial charge in [-0.3, -0.25) is 4.79 Å². The summed E-state index contributed by atoms with van der Waals surface area (Å²) in [5, 5.41) is 6.82. The normalized spacial score (nSPS) is 10.2. The SMILES string of the molecule is CCNc1ccc(C(=O)NCc2cccc(Cl)c2)c(C)c1. The van der Waals surface area contributed by atoms with Crippen LogP contribution in [0.25, 0.3) is 0 Å². The fraction of sp³-hybridized carbons (Fsp3) is 0.235. The molecule has 0 aliphatic rings. The highest BCUT2D eigenvalue weighted by molar-refractivity contribution is 6.30. The number of anilines is 1. The summed E-state index contributed by atoms with van der Waals surface area (Å²) in [6, 6.07) is 13.2. The van der Waals surface area contributed by atoms with Crippen LogP contribution in [-0.2, 0) is 6.54 Å². The smallest absolute Gasteiger partial charge is 0.251 e. The fourth-order valence-electron chi connectivity index (χ4n) is 2.16. The molecule has 0 bridgehead atoms. The van der Waals surface area contributed by atoms with E-state index in [1.807, 2.05) is 56.3 Å². The predicted octanol–water partition coefficient (Wildman–Crippen LogP) is 4.01. The highest BCUT2D eigenvalue weighted by atomic mass is 35.5. The first-order valence-electron chi connectivity index (χ1n) is 6.97. The number of hydrogen-bond donors (Lipinski definition) is 2. The molecule has 4 heteroatoms. The van der Waals surface area contributed by atoms with E-state index in [1.165, 1.54) is 0 Å². The monoisotopic (exact) mass is 302 g/mol. The Morgan fingerprint density at radius 2 is 2.00 bits per heavy atom. The minimum Gasteiger partial charge on any atom is -0.385 e. The van der Waals surface area contributed by atoms with Gasteiger partial charge in [0.15, 0.2) is 0 Å². The number of rotatable bonds is 5. The zero-order valence-corrected chi connectivity index (χ0v) is 13.0. The van der Waals surface area contributed by atoms with Gasteiger partial charge in [-0.25, -0.2) is 0 Å². The third-order valence-corrected chi connectivity index (χ3v) is 3.43. The quantitative estimate of drug-likeness (QED) is 0.876. The number of amides is 1. The molecule has 0 saturated carbocycles. The van der Waals surface area contributed by atoms with Gasteiger partial charge in [-0.05, 0) is 55.3 Å². The average molecular weight is 303 g/mol. The van der Waals surface area contributed by atoms with Gasteiger partial charge in [0.05, 0.1) is 0 Å². The van der Waals surface area contributed by atoms with E-state index in [9.17, 15) is 4.79 Å². The number of benzene rings is 2. The Bertz CT molecular complexity index is 640. The summed E-state index contributed by atoms with van der Waals surface area (Å²) in [6.07, 6.45) is 0. The number of nitrogens with one attached hydrogen (secondary N) is 2. The molecule has 2 aromatic carbocycles.